The first-order valence-corrected chi connectivity index (χ1v) is 6.81. The van der Waals surface area contributed by atoms with E-state index in [9.17, 15) is 4.79 Å². The topological polar surface area (TPSA) is 66.1 Å². The zero-order valence-corrected chi connectivity index (χ0v) is 11.8. The third-order valence-corrected chi connectivity index (χ3v) is 2.83. The number of anilines is 1. The Morgan fingerprint density at radius 2 is 2.11 bits per heavy atom. The van der Waals surface area contributed by atoms with Crippen LogP contribution in [0.3, 0.4) is 0 Å². The summed E-state index contributed by atoms with van der Waals surface area (Å²) in [6.07, 6.45) is 3.75. The summed E-state index contributed by atoms with van der Waals surface area (Å²) in [6.45, 7) is 4.25. The second-order valence-electron chi connectivity index (χ2n) is 4.60. The molecule has 19 heavy (non-hydrogen) atoms. The van der Waals surface area contributed by atoms with Gasteiger partial charge in [0.1, 0.15) is 5.82 Å². The highest BCUT2D eigenvalue weighted by atomic mass is 16.1. The van der Waals surface area contributed by atoms with Gasteiger partial charge in [0.15, 0.2) is 0 Å². The average molecular weight is 264 g/mol. The summed E-state index contributed by atoms with van der Waals surface area (Å²) in [7, 11) is 1.85. The van der Waals surface area contributed by atoms with E-state index in [0.717, 1.165) is 31.7 Å². The van der Waals surface area contributed by atoms with E-state index in [-0.39, 0.29) is 11.8 Å². The standard InChI is InChI=1S/C14H24N4O/c1-12(11-15-2)14(19)18-10-6-5-9-17-13-7-3-4-8-16-13/h3-4,7-8,12,15H,5-6,9-11H2,1-2H3,(H,16,17)(H,18,19). The van der Waals surface area contributed by atoms with Crippen molar-refractivity contribution in [2.75, 3.05) is 32.0 Å². The average Bonchev–Trinajstić information content (AvgIpc) is 2.43. The van der Waals surface area contributed by atoms with Crippen molar-refractivity contribution in [3.05, 3.63) is 24.4 Å². The summed E-state index contributed by atoms with van der Waals surface area (Å²) >= 11 is 0. The largest absolute Gasteiger partial charge is 0.370 e. The van der Waals surface area contributed by atoms with Crippen LogP contribution in [-0.4, -0.2) is 37.6 Å². The fraction of sp³-hybridized carbons (Fsp3) is 0.571. The van der Waals surface area contributed by atoms with Crippen LogP contribution in [0.2, 0.25) is 0 Å². The smallest absolute Gasteiger partial charge is 0.224 e. The molecule has 1 aromatic rings. The molecule has 3 N–H and O–H groups in total. The van der Waals surface area contributed by atoms with Gasteiger partial charge in [-0.3, -0.25) is 4.79 Å². The maximum absolute atomic E-state index is 11.6. The Balaban J connectivity index is 2.01. The summed E-state index contributed by atoms with van der Waals surface area (Å²) in [5.74, 6) is 1.04. The van der Waals surface area contributed by atoms with Gasteiger partial charge < -0.3 is 16.0 Å². The third kappa shape index (κ3) is 6.76. The number of unbranched alkanes of at least 4 members (excludes halogenated alkanes) is 1. The van der Waals surface area contributed by atoms with Gasteiger partial charge in [-0.2, -0.15) is 0 Å². The molecule has 0 saturated heterocycles. The Labute approximate surface area is 115 Å². The number of aromatic nitrogens is 1. The number of carbonyl (C=O) groups is 1. The molecule has 1 rings (SSSR count). The van der Waals surface area contributed by atoms with Crippen molar-refractivity contribution < 1.29 is 4.79 Å². The van der Waals surface area contributed by atoms with Crippen molar-refractivity contribution in [1.29, 1.82) is 0 Å². The SMILES string of the molecule is CNCC(C)C(=O)NCCCCNc1ccccn1. The Morgan fingerprint density at radius 3 is 2.79 bits per heavy atom. The van der Waals surface area contributed by atoms with E-state index in [2.05, 4.69) is 20.9 Å². The Hall–Kier alpha value is -1.62. The van der Waals surface area contributed by atoms with Crippen molar-refractivity contribution in [1.82, 2.24) is 15.6 Å². The molecular weight excluding hydrogens is 240 g/mol. The number of rotatable bonds is 9. The molecule has 1 amide bonds. The number of carbonyl (C=O) groups excluding carboxylic acids is 1. The van der Waals surface area contributed by atoms with Crippen LogP contribution in [0.1, 0.15) is 19.8 Å². The first kappa shape index (κ1) is 15.4. The minimum atomic E-state index is 0.0247. The van der Waals surface area contributed by atoms with Gasteiger partial charge in [0.2, 0.25) is 5.91 Å². The Kier molecular flexibility index (Phi) is 7.58. The van der Waals surface area contributed by atoms with E-state index in [1.54, 1.807) is 6.20 Å². The normalized spacial score (nSPS) is 11.9. The van der Waals surface area contributed by atoms with E-state index in [4.69, 9.17) is 0 Å². The number of amides is 1. The molecule has 1 atom stereocenters. The van der Waals surface area contributed by atoms with E-state index in [1.807, 2.05) is 32.2 Å². The summed E-state index contributed by atoms with van der Waals surface area (Å²) in [5.41, 5.74) is 0. The number of hydrogen-bond acceptors (Lipinski definition) is 4. The molecule has 0 bridgehead atoms. The lowest BCUT2D eigenvalue weighted by Gasteiger charge is -2.11. The lowest BCUT2D eigenvalue weighted by Crippen LogP contribution is -2.34. The predicted molar refractivity (Wildman–Crippen MR) is 78.1 cm³/mol. The molecule has 106 valence electrons. The summed E-state index contributed by atoms with van der Waals surface area (Å²) < 4.78 is 0. The molecular formula is C14H24N4O. The van der Waals surface area contributed by atoms with Crippen LogP contribution in [0.25, 0.3) is 0 Å². The van der Waals surface area contributed by atoms with E-state index in [0.29, 0.717) is 6.54 Å². The van der Waals surface area contributed by atoms with Gasteiger partial charge in [0.05, 0.1) is 0 Å². The maximum Gasteiger partial charge on any atom is 0.224 e. The molecule has 0 aliphatic heterocycles. The van der Waals surface area contributed by atoms with Crippen LogP contribution >= 0.6 is 0 Å². The second kappa shape index (κ2) is 9.33. The second-order valence-corrected chi connectivity index (χ2v) is 4.60. The predicted octanol–water partition coefficient (Wildman–Crippen LogP) is 1.25. The Bertz CT molecular complexity index is 356. The highest BCUT2D eigenvalue weighted by Gasteiger charge is 2.10. The third-order valence-electron chi connectivity index (χ3n) is 2.83. The van der Waals surface area contributed by atoms with Crippen molar-refractivity contribution in [2.45, 2.75) is 19.8 Å². The van der Waals surface area contributed by atoms with Gasteiger partial charge >= 0.3 is 0 Å². The van der Waals surface area contributed by atoms with Crippen LogP contribution in [0.5, 0.6) is 0 Å². The maximum atomic E-state index is 11.6. The molecule has 0 radical (unpaired) electrons. The lowest BCUT2D eigenvalue weighted by atomic mass is 10.1. The van der Waals surface area contributed by atoms with Crippen molar-refractivity contribution in [2.24, 2.45) is 5.92 Å². The van der Waals surface area contributed by atoms with Crippen molar-refractivity contribution in [3.63, 3.8) is 0 Å². The fourth-order valence-electron chi connectivity index (χ4n) is 1.72. The minimum absolute atomic E-state index is 0.0247. The summed E-state index contributed by atoms with van der Waals surface area (Å²) in [5, 5.41) is 9.19. The molecule has 0 aliphatic carbocycles. The number of nitrogens with one attached hydrogen (secondary N) is 3. The van der Waals surface area contributed by atoms with Crippen molar-refractivity contribution in [3.8, 4) is 0 Å². The van der Waals surface area contributed by atoms with Gasteiger partial charge in [-0.25, -0.2) is 4.98 Å². The van der Waals surface area contributed by atoms with E-state index < -0.39 is 0 Å². The fourth-order valence-corrected chi connectivity index (χ4v) is 1.72. The molecule has 1 unspecified atom stereocenters. The molecule has 1 heterocycles. The van der Waals surface area contributed by atoms with Crippen molar-refractivity contribution >= 4 is 11.7 Å². The quantitative estimate of drug-likeness (QED) is 0.587. The highest BCUT2D eigenvalue weighted by Crippen LogP contribution is 2.00. The van der Waals surface area contributed by atoms with Gasteiger partial charge in [0, 0.05) is 31.7 Å². The summed E-state index contributed by atoms with van der Waals surface area (Å²) in [6, 6.07) is 5.80. The Morgan fingerprint density at radius 1 is 1.32 bits per heavy atom. The molecule has 5 heteroatoms. The van der Waals surface area contributed by atoms with Crippen LogP contribution in [0.4, 0.5) is 5.82 Å². The van der Waals surface area contributed by atoms with Crippen LogP contribution < -0.4 is 16.0 Å². The molecule has 1 aromatic heterocycles. The lowest BCUT2D eigenvalue weighted by molar-refractivity contribution is -0.124. The van der Waals surface area contributed by atoms with E-state index >= 15 is 0 Å². The van der Waals surface area contributed by atoms with Gasteiger partial charge in [-0.15, -0.1) is 0 Å². The monoisotopic (exact) mass is 264 g/mol. The van der Waals surface area contributed by atoms with Gasteiger partial charge in [-0.05, 0) is 32.0 Å². The van der Waals surface area contributed by atoms with Crippen LogP contribution in [0.15, 0.2) is 24.4 Å². The van der Waals surface area contributed by atoms with E-state index in [1.165, 1.54) is 0 Å². The summed E-state index contributed by atoms with van der Waals surface area (Å²) in [4.78, 5) is 15.8. The first-order valence-electron chi connectivity index (χ1n) is 6.81. The number of nitrogens with zero attached hydrogens (tertiary/aromatic N) is 1. The molecule has 0 aromatic carbocycles. The molecule has 0 aliphatic rings. The van der Waals surface area contributed by atoms with Crippen LogP contribution in [-0.2, 0) is 4.79 Å². The zero-order chi connectivity index (χ0) is 13.9. The molecule has 0 fully saturated rings. The minimum Gasteiger partial charge on any atom is -0.370 e. The van der Waals surface area contributed by atoms with Gasteiger partial charge in [0.25, 0.3) is 0 Å². The molecule has 0 spiro atoms. The first-order chi connectivity index (χ1) is 9.24. The van der Waals surface area contributed by atoms with Crippen LogP contribution in [0, 0.1) is 5.92 Å². The number of pyridine rings is 1. The number of hydrogen-bond donors (Lipinski definition) is 3. The zero-order valence-electron chi connectivity index (χ0n) is 11.8. The molecule has 0 saturated carbocycles. The molecule has 5 nitrogen and oxygen atoms in total. The van der Waals surface area contributed by atoms with Gasteiger partial charge in [-0.1, -0.05) is 13.0 Å². The highest BCUT2D eigenvalue weighted by molar-refractivity contribution is 5.78.